The van der Waals surface area contributed by atoms with Crippen molar-refractivity contribution in [3.63, 3.8) is 0 Å². The second-order valence-corrected chi connectivity index (χ2v) is 5.94. The molecule has 0 saturated carbocycles. The molecule has 1 aromatic carbocycles. The van der Waals surface area contributed by atoms with Crippen LogP contribution in [0.2, 0.25) is 5.02 Å². The summed E-state index contributed by atoms with van der Waals surface area (Å²) >= 11 is 5.77. The van der Waals surface area contributed by atoms with Crippen molar-refractivity contribution < 1.29 is 13.5 Å². The van der Waals surface area contributed by atoms with E-state index >= 15 is 0 Å². The maximum absolute atomic E-state index is 12.0. The Hall–Kier alpha value is -0.620. The van der Waals surface area contributed by atoms with Crippen LogP contribution in [0.25, 0.3) is 0 Å². The summed E-state index contributed by atoms with van der Waals surface area (Å²) in [6, 6.07) is 4.12. The highest BCUT2D eigenvalue weighted by Crippen LogP contribution is 2.19. The fraction of sp³-hybridized carbons (Fsp3) is 0.455. The van der Waals surface area contributed by atoms with Crippen molar-refractivity contribution in [1.29, 1.82) is 0 Å². The number of aliphatic hydroxyl groups is 1. The van der Waals surface area contributed by atoms with Crippen LogP contribution < -0.4 is 4.72 Å². The van der Waals surface area contributed by atoms with Crippen molar-refractivity contribution in [2.24, 2.45) is 0 Å². The van der Waals surface area contributed by atoms with Crippen molar-refractivity contribution >= 4 is 21.6 Å². The zero-order valence-electron chi connectivity index (χ0n) is 9.77. The largest absolute Gasteiger partial charge is 0.395 e. The SMILES string of the molecule is CC[C@@H](CO)NS(=O)(=O)c1ccc(Cl)cc1C. The zero-order chi connectivity index (χ0) is 13.1. The van der Waals surface area contributed by atoms with Crippen molar-refractivity contribution in [2.75, 3.05) is 6.61 Å². The van der Waals surface area contributed by atoms with Gasteiger partial charge in [0, 0.05) is 11.1 Å². The molecule has 0 fully saturated rings. The second-order valence-electron chi connectivity index (χ2n) is 3.82. The molecule has 1 atom stereocenters. The Bertz CT molecular complexity index is 483. The first-order valence-electron chi connectivity index (χ1n) is 5.30. The van der Waals surface area contributed by atoms with Gasteiger partial charge in [-0.15, -0.1) is 0 Å². The van der Waals surface area contributed by atoms with E-state index in [-0.39, 0.29) is 11.5 Å². The molecule has 0 aliphatic heterocycles. The topological polar surface area (TPSA) is 66.4 Å². The molecule has 0 aliphatic carbocycles. The molecule has 0 radical (unpaired) electrons. The van der Waals surface area contributed by atoms with Gasteiger partial charge in [0.2, 0.25) is 10.0 Å². The standard InChI is InChI=1S/C11H16ClNO3S/c1-3-10(7-14)13-17(15,16)11-5-4-9(12)6-8(11)2/h4-6,10,13-14H,3,7H2,1-2H3/t10-/m0/s1. The number of halogens is 1. The lowest BCUT2D eigenvalue weighted by atomic mass is 10.2. The molecular weight excluding hydrogens is 262 g/mol. The summed E-state index contributed by atoms with van der Waals surface area (Å²) in [5.74, 6) is 0. The first kappa shape index (κ1) is 14.4. The van der Waals surface area contributed by atoms with Crippen molar-refractivity contribution in [3.05, 3.63) is 28.8 Å². The van der Waals surface area contributed by atoms with E-state index in [1.165, 1.54) is 12.1 Å². The van der Waals surface area contributed by atoms with E-state index in [0.717, 1.165) is 0 Å². The lowest BCUT2D eigenvalue weighted by molar-refractivity contribution is 0.254. The van der Waals surface area contributed by atoms with Gasteiger partial charge in [-0.3, -0.25) is 0 Å². The van der Waals surface area contributed by atoms with Crippen molar-refractivity contribution in [2.45, 2.75) is 31.2 Å². The van der Waals surface area contributed by atoms with E-state index in [2.05, 4.69) is 4.72 Å². The highest BCUT2D eigenvalue weighted by molar-refractivity contribution is 7.89. The van der Waals surface area contributed by atoms with Crippen LogP contribution in [0.5, 0.6) is 0 Å². The van der Waals surface area contributed by atoms with Gasteiger partial charge in [0.15, 0.2) is 0 Å². The number of aliphatic hydroxyl groups excluding tert-OH is 1. The molecule has 6 heteroatoms. The summed E-state index contributed by atoms with van der Waals surface area (Å²) in [7, 11) is -3.60. The van der Waals surface area contributed by atoms with E-state index in [0.29, 0.717) is 17.0 Å². The summed E-state index contributed by atoms with van der Waals surface area (Å²) in [6.45, 7) is 3.26. The van der Waals surface area contributed by atoms with E-state index in [4.69, 9.17) is 16.7 Å². The summed E-state index contributed by atoms with van der Waals surface area (Å²) in [4.78, 5) is 0.189. The van der Waals surface area contributed by atoms with Gasteiger partial charge in [-0.25, -0.2) is 13.1 Å². The Labute approximate surface area is 107 Å². The summed E-state index contributed by atoms with van der Waals surface area (Å²) in [5.41, 5.74) is 0.581. The lowest BCUT2D eigenvalue weighted by Gasteiger charge is -2.15. The summed E-state index contributed by atoms with van der Waals surface area (Å²) < 4.78 is 26.5. The van der Waals surface area contributed by atoms with Gasteiger partial charge >= 0.3 is 0 Å². The Morgan fingerprint density at radius 3 is 2.59 bits per heavy atom. The molecule has 0 amide bonds. The zero-order valence-corrected chi connectivity index (χ0v) is 11.3. The van der Waals surface area contributed by atoms with Crippen LogP contribution in [-0.4, -0.2) is 26.2 Å². The molecule has 0 saturated heterocycles. The van der Waals surface area contributed by atoms with Gasteiger partial charge in [0.1, 0.15) is 0 Å². The number of rotatable bonds is 5. The van der Waals surface area contributed by atoms with Crippen LogP contribution >= 0.6 is 11.6 Å². The molecule has 0 spiro atoms. The molecule has 0 heterocycles. The highest BCUT2D eigenvalue weighted by atomic mass is 35.5. The number of aryl methyl sites for hydroxylation is 1. The van der Waals surface area contributed by atoms with Crippen LogP contribution in [0.4, 0.5) is 0 Å². The minimum absolute atomic E-state index is 0.189. The fourth-order valence-corrected chi connectivity index (χ4v) is 3.21. The third-order valence-corrected chi connectivity index (χ3v) is 4.38. The number of benzene rings is 1. The van der Waals surface area contributed by atoms with Crippen LogP contribution in [0, 0.1) is 6.92 Å². The molecule has 0 aromatic heterocycles. The van der Waals surface area contributed by atoms with Crippen molar-refractivity contribution in [1.82, 2.24) is 4.72 Å². The Balaban J connectivity index is 3.05. The third kappa shape index (κ3) is 3.67. The number of sulfonamides is 1. The van der Waals surface area contributed by atoms with E-state index in [9.17, 15) is 8.42 Å². The molecule has 0 bridgehead atoms. The van der Waals surface area contributed by atoms with Crippen LogP contribution in [-0.2, 0) is 10.0 Å². The first-order chi connectivity index (χ1) is 7.90. The molecule has 4 nitrogen and oxygen atoms in total. The van der Waals surface area contributed by atoms with Gasteiger partial charge < -0.3 is 5.11 Å². The lowest BCUT2D eigenvalue weighted by Crippen LogP contribution is -2.37. The quantitative estimate of drug-likeness (QED) is 0.861. The molecule has 96 valence electrons. The molecule has 0 unspecified atom stereocenters. The highest BCUT2D eigenvalue weighted by Gasteiger charge is 2.20. The number of nitrogens with one attached hydrogen (secondary N) is 1. The minimum atomic E-state index is -3.60. The van der Waals surface area contributed by atoms with Gasteiger partial charge in [0.25, 0.3) is 0 Å². The molecular formula is C11H16ClNO3S. The molecule has 1 aromatic rings. The van der Waals surface area contributed by atoms with E-state index < -0.39 is 16.1 Å². The van der Waals surface area contributed by atoms with Crippen molar-refractivity contribution in [3.8, 4) is 0 Å². The Morgan fingerprint density at radius 1 is 1.47 bits per heavy atom. The first-order valence-corrected chi connectivity index (χ1v) is 7.16. The molecule has 1 rings (SSSR count). The van der Waals surface area contributed by atoms with E-state index in [1.54, 1.807) is 19.9 Å². The van der Waals surface area contributed by atoms with E-state index in [1.807, 2.05) is 0 Å². The molecule has 2 N–H and O–H groups in total. The average Bonchev–Trinajstić information content (AvgIpc) is 2.25. The van der Waals surface area contributed by atoms with Crippen LogP contribution in [0.1, 0.15) is 18.9 Å². The third-order valence-electron chi connectivity index (χ3n) is 2.46. The normalized spacial score (nSPS) is 13.6. The van der Waals surface area contributed by atoms with Crippen LogP contribution in [0.3, 0.4) is 0 Å². The smallest absolute Gasteiger partial charge is 0.241 e. The van der Waals surface area contributed by atoms with Gasteiger partial charge in [-0.05, 0) is 37.1 Å². The maximum Gasteiger partial charge on any atom is 0.241 e. The van der Waals surface area contributed by atoms with Gasteiger partial charge in [-0.1, -0.05) is 18.5 Å². The minimum Gasteiger partial charge on any atom is -0.395 e. The maximum atomic E-state index is 12.0. The van der Waals surface area contributed by atoms with Gasteiger partial charge in [0.05, 0.1) is 11.5 Å². The molecule has 0 aliphatic rings. The Morgan fingerprint density at radius 2 is 2.12 bits per heavy atom. The summed E-state index contributed by atoms with van der Waals surface area (Å²) in [5, 5.41) is 9.50. The number of hydrogen-bond donors (Lipinski definition) is 2. The predicted octanol–water partition coefficient (Wildman–Crippen LogP) is 1.70. The Kier molecular flexibility index (Phi) is 4.94. The second kappa shape index (κ2) is 5.82. The monoisotopic (exact) mass is 277 g/mol. The molecule has 17 heavy (non-hydrogen) atoms. The van der Waals surface area contributed by atoms with Crippen LogP contribution in [0.15, 0.2) is 23.1 Å². The predicted molar refractivity (Wildman–Crippen MR) is 67.7 cm³/mol. The summed E-state index contributed by atoms with van der Waals surface area (Å²) in [6.07, 6.45) is 0.530. The average molecular weight is 278 g/mol. The van der Waals surface area contributed by atoms with Gasteiger partial charge in [-0.2, -0.15) is 0 Å². The fourth-order valence-electron chi connectivity index (χ4n) is 1.45. The number of hydrogen-bond acceptors (Lipinski definition) is 3.